The van der Waals surface area contributed by atoms with Gasteiger partial charge in [-0.05, 0) is 43.8 Å². The molecule has 144 valence electrons. The van der Waals surface area contributed by atoms with Crippen LogP contribution in [0.25, 0.3) is 0 Å². The fraction of sp³-hybridized carbons (Fsp3) is 0.588. The SMILES string of the molecule is Cl.O=C(NCc1cc2c(cc1OC(F)F)OCO2)C1CC12CCNCC2. The van der Waals surface area contributed by atoms with Gasteiger partial charge in [-0.2, -0.15) is 8.78 Å². The van der Waals surface area contributed by atoms with Crippen molar-refractivity contribution in [1.29, 1.82) is 0 Å². The average Bonchev–Trinajstić information content (AvgIpc) is 3.08. The van der Waals surface area contributed by atoms with E-state index in [-0.39, 0.29) is 48.7 Å². The van der Waals surface area contributed by atoms with Gasteiger partial charge in [0.2, 0.25) is 12.7 Å². The fourth-order valence-corrected chi connectivity index (χ4v) is 3.81. The molecule has 1 aliphatic carbocycles. The minimum Gasteiger partial charge on any atom is -0.454 e. The number of hydrogen-bond acceptors (Lipinski definition) is 5. The largest absolute Gasteiger partial charge is 0.454 e. The molecule has 1 aromatic rings. The lowest BCUT2D eigenvalue weighted by molar-refractivity contribution is -0.123. The lowest BCUT2D eigenvalue weighted by Gasteiger charge is -2.23. The number of amides is 1. The third-order valence-corrected chi connectivity index (χ3v) is 5.33. The Morgan fingerprint density at radius 3 is 2.69 bits per heavy atom. The van der Waals surface area contributed by atoms with E-state index >= 15 is 0 Å². The van der Waals surface area contributed by atoms with Crippen molar-refractivity contribution >= 4 is 18.3 Å². The summed E-state index contributed by atoms with van der Waals surface area (Å²) in [5.41, 5.74) is 0.574. The summed E-state index contributed by atoms with van der Waals surface area (Å²) in [6, 6.07) is 2.95. The molecule has 1 atom stereocenters. The highest BCUT2D eigenvalue weighted by atomic mass is 35.5. The predicted octanol–water partition coefficient (Wildman–Crippen LogP) is 2.44. The Hall–Kier alpha value is -1.80. The standard InChI is InChI=1S/C17H20F2N2O4.ClH/c18-16(19)25-12-6-14-13(23-9-24-14)5-10(12)8-21-15(22)11-7-17(11)1-3-20-4-2-17;/h5-6,11,16,20H,1-4,7-9H2,(H,21,22);1H. The summed E-state index contributed by atoms with van der Waals surface area (Å²) in [5.74, 6) is 0.811. The molecule has 6 nitrogen and oxygen atoms in total. The Kier molecular flexibility index (Phi) is 5.43. The Balaban J connectivity index is 0.00000196. The molecule has 1 amide bonds. The van der Waals surface area contributed by atoms with Crippen molar-refractivity contribution in [3.05, 3.63) is 17.7 Å². The molecule has 26 heavy (non-hydrogen) atoms. The number of carbonyl (C=O) groups is 1. The molecule has 2 aliphatic heterocycles. The number of carbonyl (C=O) groups excluding carboxylic acids is 1. The molecule has 1 spiro atoms. The van der Waals surface area contributed by atoms with Crippen LogP contribution in [0.2, 0.25) is 0 Å². The Morgan fingerprint density at radius 1 is 1.31 bits per heavy atom. The molecule has 9 heteroatoms. The predicted molar refractivity (Wildman–Crippen MR) is 90.9 cm³/mol. The minimum atomic E-state index is -2.95. The first kappa shape index (κ1) is 19.0. The van der Waals surface area contributed by atoms with E-state index in [9.17, 15) is 13.6 Å². The van der Waals surface area contributed by atoms with Gasteiger partial charge in [0, 0.05) is 24.1 Å². The van der Waals surface area contributed by atoms with E-state index in [1.165, 1.54) is 6.07 Å². The first-order valence-corrected chi connectivity index (χ1v) is 8.43. The molecule has 2 N–H and O–H groups in total. The van der Waals surface area contributed by atoms with Crippen LogP contribution in [0, 0.1) is 11.3 Å². The van der Waals surface area contributed by atoms with E-state index in [2.05, 4.69) is 15.4 Å². The molecule has 2 fully saturated rings. The second-order valence-electron chi connectivity index (χ2n) is 6.78. The van der Waals surface area contributed by atoms with Gasteiger partial charge in [-0.15, -0.1) is 12.4 Å². The van der Waals surface area contributed by atoms with Crippen LogP contribution in [0.5, 0.6) is 17.2 Å². The van der Waals surface area contributed by atoms with Crippen molar-refractivity contribution in [2.75, 3.05) is 19.9 Å². The molecule has 1 saturated carbocycles. The number of benzene rings is 1. The van der Waals surface area contributed by atoms with Crippen LogP contribution in [0.3, 0.4) is 0 Å². The summed E-state index contributed by atoms with van der Waals surface area (Å²) >= 11 is 0. The number of piperidine rings is 1. The van der Waals surface area contributed by atoms with Gasteiger partial charge in [-0.3, -0.25) is 4.79 Å². The third kappa shape index (κ3) is 3.66. The Morgan fingerprint density at radius 2 is 2.00 bits per heavy atom. The fourth-order valence-electron chi connectivity index (χ4n) is 3.81. The maximum Gasteiger partial charge on any atom is 0.387 e. The first-order valence-electron chi connectivity index (χ1n) is 8.43. The number of hydrogen-bond donors (Lipinski definition) is 2. The molecule has 0 aromatic heterocycles. The Labute approximate surface area is 156 Å². The van der Waals surface area contributed by atoms with E-state index < -0.39 is 6.61 Å². The van der Waals surface area contributed by atoms with Crippen molar-refractivity contribution in [2.24, 2.45) is 11.3 Å². The van der Waals surface area contributed by atoms with Crippen LogP contribution in [0.4, 0.5) is 8.78 Å². The van der Waals surface area contributed by atoms with E-state index in [0.717, 1.165) is 32.4 Å². The lowest BCUT2D eigenvalue weighted by Crippen LogP contribution is -2.33. The smallest absolute Gasteiger partial charge is 0.387 e. The van der Waals surface area contributed by atoms with Gasteiger partial charge in [-0.25, -0.2) is 0 Å². The van der Waals surface area contributed by atoms with Gasteiger partial charge < -0.3 is 24.8 Å². The van der Waals surface area contributed by atoms with Crippen LogP contribution >= 0.6 is 12.4 Å². The van der Waals surface area contributed by atoms with Crippen LogP contribution in [0.15, 0.2) is 12.1 Å². The van der Waals surface area contributed by atoms with Crippen LogP contribution in [0.1, 0.15) is 24.8 Å². The van der Waals surface area contributed by atoms with Gasteiger partial charge in [0.25, 0.3) is 0 Å². The molecular weight excluding hydrogens is 370 g/mol. The van der Waals surface area contributed by atoms with Gasteiger partial charge in [0.1, 0.15) is 5.75 Å². The average molecular weight is 391 g/mol. The topological polar surface area (TPSA) is 68.8 Å². The maximum atomic E-state index is 12.6. The Bertz CT molecular complexity index is 683. The zero-order valence-corrected chi connectivity index (χ0v) is 14.9. The summed E-state index contributed by atoms with van der Waals surface area (Å²) in [4.78, 5) is 12.4. The first-order chi connectivity index (χ1) is 12.1. The minimum absolute atomic E-state index is 0. The van der Waals surface area contributed by atoms with Gasteiger partial charge in [0.15, 0.2) is 11.5 Å². The second kappa shape index (κ2) is 7.44. The summed E-state index contributed by atoms with van der Waals surface area (Å²) in [5, 5.41) is 6.16. The van der Waals surface area contributed by atoms with E-state index in [0.29, 0.717) is 17.1 Å². The summed E-state index contributed by atoms with van der Waals surface area (Å²) in [6.45, 7) is -0.909. The van der Waals surface area contributed by atoms with Crippen molar-refractivity contribution in [2.45, 2.75) is 32.4 Å². The zero-order chi connectivity index (χ0) is 17.4. The molecule has 4 rings (SSSR count). The van der Waals surface area contributed by atoms with Crippen LogP contribution in [-0.2, 0) is 11.3 Å². The van der Waals surface area contributed by atoms with E-state index in [1.807, 2.05) is 0 Å². The number of fused-ring (bicyclic) bond motifs is 1. The van der Waals surface area contributed by atoms with Crippen molar-refractivity contribution in [3.63, 3.8) is 0 Å². The normalized spacial score (nSPS) is 22.0. The maximum absolute atomic E-state index is 12.6. The molecule has 1 aromatic carbocycles. The molecular formula is C17H21ClF2N2O4. The van der Waals surface area contributed by atoms with Gasteiger partial charge >= 0.3 is 6.61 Å². The second-order valence-corrected chi connectivity index (χ2v) is 6.78. The molecule has 1 unspecified atom stereocenters. The number of nitrogens with one attached hydrogen (secondary N) is 2. The lowest BCUT2D eigenvalue weighted by atomic mass is 9.92. The highest BCUT2D eigenvalue weighted by Crippen LogP contribution is 2.58. The number of rotatable bonds is 5. The molecule has 2 heterocycles. The van der Waals surface area contributed by atoms with Gasteiger partial charge in [0.05, 0.1) is 0 Å². The summed E-state index contributed by atoms with van der Waals surface area (Å²) in [6.07, 6.45) is 2.92. The number of ether oxygens (including phenoxy) is 3. The zero-order valence-electron chi connectivity index (χ0n) is 14.1. The number of alkyl halides is 2. The van der Waals surface area contributed by atoms with Crippen molar-refractivity contribution in [3.8, 4) is 17.2 Å². The van der Waals surface area contributed by atoms with E-state index in [4.69, 9.17) is 9.47 Å². The molecule has 3 aliphatic rings. The van der Waals surface area contributed by atoms with Gasteiger partial charge in [-0.1, -0.05) is 0 Å². The van der Waals surface area contributed by atoms with Crippen LogP contribution in [-0.4, -0.2) is 32.4 Å². The van der Waals surface area contributed by atoms with E-state index in [1.54, 1.807) is 6.07 Å². The highest BCUT2D eigenvalue weighted by molar-refractivity contribution is 5.85. The molecule has 0 bridgehead atoms. The molecule has 0 radical (unpaired) electrons. The number of halogens is 3. The van der Waals surface area contributed by atoms with Crippen molar-refractivity contribution < 1.29 is 27.8 Å². The highest BCUT2D eigenvalue weighted by Gasteiger charge is 2.57. The summed E-state index contributed by atoms with van der Waals surface area (Å²) < 4.78 is 40.3. The monoisotopic (exact) mass is 390 g/mol. The van der Waals surface area contributed by atoms with Crippen LogP contribution < -0.4 is 24.8 Å². The molecule has 1 saturated heterocycles. The summed E-state index contributed by atoms with van der Waals surface area (Å²) in [7, 11) is 0. The van der Waals surface area contributed by atoms with Crippen molar-refractivity contribution in [1.82, 2.24) is 10.6 Å². The quantitative estimate of drug-likeness (QED) is 0.808. The third-order valence-electron chi connectivity index (χ3n) is 5.33.